The largest absolute Gasteiger partial charge is 0.327 e. The van der Waals surface area contributed by atoms with Crippen LogP contribution in [0.3, 0.4) is 0 Å². The maximum absolute atomic E-state index is 6.47. The molecule has 0 heterocycles. The first-order chi connectivity index (χ1) is 8.72. The molecule has 1 saturated carbocycles. The molecular formula is C17H29N. The van der Waals surface area contributed by atoms with Crippen molar-refractivity contribution in [2.45, 2.75) is 71.3 Å². The van der Waals surface area contributed by atoms with Crippen LogP contribution in [-0.2, 0) is 0 Å². The Balaban J connectivity index is 1.95. The molecule has 3 rings (SSSR count). The lowest BCUT2D eigenvalue weighted by Crippen LogP contribution is -2.48. The van der Waals surface area contributed by atoms with Crippen LogP contribution in [-0.4, -0.2) is 6.04 Å². The number of fused-ring (bicyclic) bond motifs is 1. The Bertz CT molecular complexity index is 344. The van der Waals surface area contributed by atoms with Crippen LogP contribution >= 0.6 is 0 Å². The average Bonchev–Trinajstić information content (AvgIpc) is 2.41. The quantitative estimate of drug-likeness (QED) is 0.688. The molecule has 1 fully saturated rings. The molecule has 0 bridgehead atoms. The van der Waals surface area contributed by atoms with E-state index in [2.05, 4.69) is 13.8 Å². The highest BCUT2D eigenvalue weighted by Crippen LogP contribution is 2.52. The summed E-state index contributed by atoms with van der Waals surface area (Å²) in [6.45, 7) is 4.89. The third-order valence-electron chi connectivity index (χ3n) is 6.12. The standard InChI is InChI=1S/C17H29N/c1-3-13-14-7-5-4-6-12(14)10-15-16(18)9-8-11(2)17(13)15/h11,13,15-17H,3-10,18H2,1-2H3. The summed E-state index contributed by atoms with van der Waals surface area (Å²) >= 11 is 0. The molecule has 5 unspecified atom stereocenters. The maximum Gasteiger partial charge on any atom is 0.00732 e. The molecule has 0 aromatic carbocycles. The lowest BCUT2D eigenvalue weighted by Gasteiger charge is -2.50. The van der Waals surface area contributed by atoms with E-state index in [-0.39, 0.29) is 0 Å². The molecule has 0 aromatic heterocycles. The second kappa shape index (κ2) is 5.00. The van der Waals surface area contributed by atoms with Crippen LogP contribution in [0.5, 0.6) is 0 Å². The van der Waals surface area contributed by atoms with E-state index in [1.54, 1.807) is 0 Å². The van der Waals surface area contributed by atoms with Gasteiger partial charge in [0.25, 0.3) is 0 Å². The molecule has 5 atom stereocenters. The van der Waals surface area contributed by atoms with Crippen molar-refractivity contribution >= 4 is 0 Å². The van der Waals surface area contributed by atoms with Crippen LogP contribution < -0.4 is 5.73 Å². The molecule has 0 spiro atoms. The van der Waals surface area contributed by atoms with Crippen molar-refractivity contribution in [3.05, 3.63) is 11.1 Å². The van der Waals surface area contributed by atoms with Gasteiger partial charge in [0, 0.05) is 6.04 Å². The number of hydrogen-bond donors (Lipinski definition) is 1. The summed E-state index contributed by atoms with van der Waals surface area (Å²) in [7, 11) is 0. The molecule has 102 valence electrons. The first kappa shape index (κ1) is 12.7. The SMILES string of the molecule is CCC1C2=C(CCCC2)CC2C(N)CCC(C)C12. The van der Waals surface area contributed by atoms with Crippen molar-refractivity contribution < 1.29 is 0 Å². The van der Waals surface area contributed by atoms with E-state index in [0.29, 0.717) is 6.04 Å². The van der Waals surface area contributed by atoms with Gasteiger partial charge in [-0.2, -0.15) is 0 Å². The van der Waals surface area contributed by atoms with Crippen molar-refractivity contribution in [1.29, 1.82) is 0 Å². The zero-order valence-corrected chi connectivity index (χ0v) is 12.1. The third kappa shape index (κ3) is 1.95. The van der Waals surface area contributed by atoms with Gasteiger partial charge >= 0.3 is 0 Å². The summed E-state index contributed by atoms with van der Waals surface area (Å²) in [5.74, 6) is 3.47. The number of allylic oxidation sites excluding steroid dienone is 2. The van der Waals surface area contributed by atoms with E-state index < -0.39 is 0 Å². The molecule has 0 aliphatic heterocycles. The molecule has 1 nitrogen and oxygen atoms in total. The summed E-state index contributed by atoms with van der Waals surface area (Å²) < 4.78 is 0. The maximum atomic E-state index is 6.47. The van der Waals surface area contributed by atoms with Gasteiger partial charge in [-0.25, -0.2) is 0 Å². The lowest BCUT2D eigenvalue weighted by atomic mass is 9.56. The fourth-order valence-electron chi connectivity index (χ4n) is 5.26. The summed E-state index contributed by atoms with van der Waals surface area (Å²) in [6.07, 6.45) is 11.0. The van der Waals surface area contributed by atoms with Gasteiger partial charge in [0.1, 0.15) is 0 Å². The van der Waals surface area contributed by atoms with Crippen LogP contribution in [0.4, 0.5) is 0 Å². The van der Waals surface area contributed by atoms with Gasteiger partial charge < -0.3 is 5.73 Å². The van der Waals surface area contributed by atoms with Gasteiger partial charge in [-0.3, -0.25) is 0 Å². The minimum atomic E-state index is 0.483. The molecule has 0 radical (unpaired) electrons. The van der Waals surface area contributed by atoms with Crippen LogP contribution in [0, 0.1) is 23.7 Å². The Labute approximate surface area is 112 Å². The Morgan fingerprint density at radius 2 is 1.94 bits per heavy atom. The van der Waals surface area contributed by atoms with Gasteiger partial charge in [-0.1, -0.05) is 25.0 Å². The lowest BCUT2D eigenvalue weighted by molar-refractivity contribution is 0.0782. The molecule has 0 saturated heterocycles. The second-order valence-corrected chi connectivity index (χ2v) is 7.01. The zero-order valence-electron chi connectivity index (χ0n) is 12.1. The van der Waals surface area contributed by atoms with E-state index in [4.69, 9.17) is 5.73 Å². The Kier molecular flexibility index (Phi) is 3.53. The van der Waals surface area contributed by atoms with E-state index in [9.17, 15) is 0 Å². The predicted molar refractivity (Wildman–Crippen MR) is 77.2 cm³/mol. The van der Waals surface area contributed by atoms with Crippen molar-refractivity contribution in [3.8, 4) is 0 Å². The van der Waals surface area contributed by atoms with Crippen molar-refractivity contribution in [2.24, 2.45) is 29.4 Å². The van der Waals surface area contributed by atoms with E-state index in [0.717, 1.165) is 23.7 Å². The van der Waals surface area contributed by atoms with Crippen LogP contribution in [0.25, 0.3) is 0 Å². The summed E-state index contributed by atoms with van der Waals surface area (Å²) in [5, 5.41) is 0. The molecule has 3 aliphatic carbocycles. The fourth-order valence-corrected chi connectivity index (χ4v) is 5.26. The normalized spacial score (nSPS) is 44.5. The van der Waals surface area contributed by atoms with Gasteiger partial charge in [-0.05, 0) is 75.0 Å². The van der Waals surface area contributed by atoms with Gasteiger partial charge in [0.2, 0.25) is 0 Å². The molecule has 2 N–H and O–H groups in total. The second-order valence-electron chi connectivity index (χ2n) is 7.01. The smallest absolute Gasteiger partial charge is 0.00732 e. The Morgan fingerprint density at radius 3 is 2.72 bits per heavy atom. The molecule has 0 aromatic rings. The van der Waals surface area contributed by atoms with Crippen LogP contribution in [0.1, 0.15) is 65.2 Å². The average molecular weight is 247 g/mol. The van der Waals surface area contributed by atoms with Crippen molar-refractivity contribution in [3.63, 3.8) is 0 Å². The minimum absolute atomic E-state index is 0.483. The highest BCUT2D eigenvalue weighted by atomic mass is 14.7. The van der Waals surface area contributed by atoms with E-state index >= 15 is 0 Å². The summed E-state index contributed by atoms with van der Waals surface area (Å²) in [5.41, 5.74) is 10.2. The predicted octanol–water partition coefficient (Wildman–Crippen LogP) is 4.28. The van der Waals surface area contributed by atoms with E-state index in [1.807, 2.05) is 11.1 Å². The van der Waals surface area contributed by atoms with Crippen molar-refractivity contribution in [1.82, 2.24) is 0 Å². The summed E-state index contributed by atoms with van der Waals surface area (Å²) in [6, 6.07) is 0.483. The molecule has 18 heavy (non-hydrogen) atoms. The minimum Gasteiger partial charge on any atom is -0.327 e. The first-order valence-corrected chi connectivity index (χ1v) is 8.18. The van der Waals surface area contributed by atoms with Crippen LogP contribution in [0.15, 0.2) is 11.1 Å². The highest BCUT2D eigenvalue weighted by molar-refractivity contribution is 5.26. The highest BCUT2D eigenvalue weighted by Gasteiger charge is 2.44. The number of hydrogen-bond acceptors (Lipinski definition) is 1. The van der Waals surface area contributed by atoms with Gasteiger partial charge in [-0.15, -0.1) is 0 Å². The first-order valence-electron chi connectivity index (χ1n) is 8.18. The molecule has 1 heteroatoms. The molecule has 0 amide bonds. The third-order valence-corrected chi connectivity index (χ3v) is 6.12. The van der Waals surface area contributed by atoms with Crippen molar-refractivity contribution in [2.75, 3.05) is 0 Å². The van der Waals surface area contributed by atoms with Gasteiger partial charge in [0.05, 0.1) is 0 Å². The zero-order chi connectivity index (χ0) is 12.7. The van der Waals surface area contributed by atoms with Crippen LogP contribution in [0.2, 0.25) is 0 Å². The molecule has 3 aliphatic rings. The number of nitrogens with two attached hydrogens (primary N) is 1. The monoisotopic (exact) mass is 247 g/mol. The fraction of sp³-hybridized carbons (Fsp3) is 0.882. The molecular weight excluding hydrogens is 218 g/mol. The number of rotatable bonds is 1. The summed E-state index contributed by atoms with van der Waals surface area (Å²) in [4.78, 5) is 0. The Morgan fingerprint density at radius 1 is 1.17 bits per heavy atom. The topological polar surface area (TPSA) is 26.0 Å². The van der Waals surface area contributed by atoms with E-state index in [1.165, 1.54) is 51.4 Å². The van der Waals surface area contributed by atoms with Gasteiger partial charge in [0.15, 0.2) is 0 Å². The Hall–Kier alpha value is -0.300.